The summed E-state index contributed by atoms with van der Waals surface area (Å²) in [6, 6.07) is 1.87. The third kappa shape index (κ3) is 2.91. The normalized spacial score (nSPS) is 15.1. The predicted molar refractivity (Wildman–Crippen MR) is 82.1 cm³/mol. The zero-order chi connectivity index (χ0) is 15.9. The van der Waals surface area contributed by atoms with E-state index in [-0.39, 0.29) is 5.54 Å². The van der Waals surface area contributed by atoms with E-state index in [1.54, 1.807) is 17.1 Å². The number of esters is 1. The van der Waals surface area contributed by atoms with E-state index in [0.29, 0.717) is 17.4 Å². The summed E-state index contributed by atoms with van der Waals surface area (Å²) in [5.41, 5.74) is 1.34. The standard InChI is InChI=1S/C16H22N4O2/c1-5-19-10-12(9-17-19)22-15(21)13-8-14(11-6-7-11)20(18-13)16(2,3)4/h8-11H,5-7H2,1-4H3. The van der Waals surface area contributed by atoms with Gasteiger partial charge in [0.15, 0.2) is 11.4 Å². The highest BCUT2D eigenvalue weighted by molar-refractivity contribution is 5.89. The molecule has 6 heteroatoms. The van der Waals surface area contributed by atoms with Gasteiger partial charge in [0, 0.05) is 18.2 Å². The molecule has 0 aromatic carbocycles. The lowest BCUT2D eigenvalue weighted by atomic mass is 10.1. The van der Waals surface area contributed by atoms with Crippen LogP contribution in [0.25, 0.3) is 0 Å². The second-order valence-electron chi connectivity index (χ2n) is 6.73. The van der Waals surface area contributed by atoms with Crippen molar-refractivity contribution in [2.45, 2.75) is 58.5 Å². The van der Waals surface area contributed by atoms with Gasteiger partial charge >= 0.3 is 5.97 Å². The molecular formula is C16H22N4O2. The minimum absolute atomic E-state index is 0.149. The average Bonchev–Trinajstić information content (AvgIpc) is 3.02. The molecule has 118 valence electrons. The van der Waals surface area contributed by atoms with Crippen LogP contribution in [0.15, 0.2) is 18.5 Å². The number of aromatic nitrogens is 4. The van der Waals surface area contributed by atoms with Crippen LogP contribution in [0.4, 0.5) is 0 Å². The number of carbonyl (C=O) groups excluding carboxylic acids is 1. The Hall–Kier alpha value is -2.11. The van der Waals surface area contributed by atoms with Gasteiger partial charge in [0.05, 0.1) is 17.9 Å². The Labute approximate surface area is 130 Å². The predicted octanol–water partition coefficient (Wildman–Crippen LogP) is 2.95. The van der Waals surface area contributed by atoms with Crippen molar-refractivity contribution in [1.82, 2.24) is 19.6 Å². The van der Waals surface area contributed by atoms with Crippen molar-refractivity contribution < 1.29 is 9.53 Å². The van der Waals surface area contributed by atoms with E-state index < -0.39 is 5.97 Å². The van der Waals surface area contributed by atoms with E-state index in [1.807, 2.05) is 17.7 Å². The van der Waals surface area contributed by atoms with Crippen LogP contribution in [0.1, 0.15) is 62.6 Å². The first-order valence-corrected chi connectivity index (χ1v) is 7.73. The van der Waals surface area contributed by atoms with Crippen molar-refractivity contribution in [3.05, 3.63) is 29.8 Å². The van der Waals surface area contributed by atoms with E-state index >= 15 is 0 Å². The van der Waals surface area contributed by atoms with Gasteiger partial charge in [-0.1, -0.05) is 0 Å². The molecule has 2 aromatic heterocycles. The maximum atomic E-state index is 12.3. The summed E-state index contributed by atoms with van der Waals surface area (Å²) in [5, 5.41) is 8.58. The third-order valence-electron chi connectivity index (χ3n) is 3.72. The summed E-state index contributed by atoms with van der Waals surface area (Å²) in [6.45, 7) is 8.98. The van der Waals surface area contributed by atoms with Crippen molar-refractivity contribution in [1.29, 1.82) is 0 Å². The minimum Gasteiger partial charge on any atom is -0.418 e. The lowest BCUT2D eigenvalue weighted by Crippen LogP contribution is -2.25. The van der Waals surface area contributed by atoms with Crippen molar-refractivity contribution >= 4 is 5.97 Å². The van der Waals surface area contributed by atoms with Gasteiger partial charge in [-0.2, -0.15) is 10.2 Å². The second-order valence-corrected chi connectivity index (χ2v) is 6.73. The van der Waals surface area contributed by atoms with Crippen LogP contribution in [0.3, 0.4) is 0 Å². The van der Waals surface area contributed by atoms with Crippen LogP contribution in [0.2, 0.25) is 0 Å². The highest BCUT2D eigenvalue weighted by Crippen LogP contribution is 2.41. The molecule has 0 saturated heterocycles. The van der Waals surface area contributed by atoms with Crippen LogP contribution >= 0.6 is 0 Å². The van der Waals surface area contributed by atoms with Crippen molar-refractivity contribution in [2.24, 2.45) is 0 Å². The summed E-state index contributed by atoms with van der Waals surface area (Å²) in [6.07, 6.45) is 5.59. The largest absolute Gasteiger partial charge is 0.418 e. The molecule has 2 heterocycles. The van der Waals surface area contributed by atoms with Gasteiger partial charge in [0.25, 0.3) is 0 Å². The molecule has 6 nitrogen and oxygen atoms in total. The highest BCUT2D eigenvalue weighted by atomic mass is 16.5. The summed E-state index contributed by atoms with van der Waals surface area (Å²) in [7, 11) is 0. The zero-order valence-electron chi connectivity index (χ0n) is 13.5. The number of hydrogen-bond acceptors (Lipinski definition) is 4. The monoisotopic (exact) mass is 302 g/mol. The molecule has 0 aliphatic heterocycles. The maximum absolute atomic E-state index is 12.3. The molecule has 0 spiro atoms. The Morgan fingerprint density at radius 1 is 1.41 bits per heavy atom. The average molecular weight is 302 g/mol. The first kappa shape index (κ1) is 14.8. The topological polar surface area (TPSA) is 61.9 Å². The molecular weight excluding hydrogens is 280 g/mol. The Kier molecular flexibility index (Phi) is 3.54. The fourth-order valence-corrected chi connectivity index (χ4v) is 2.43. The Balaban J connectivity index is 1.83. The SMILES string of the molecule is CCn1cc(OC(=O)c2cc(C3CC3)n(C(C)(C)C)n2)cn1. The molecule has 2 aromatic rings. The fraction of sp³-hybridized carbons (Fsp3) is 0.562. The van der Waals surface area contributed by atoms with Gasteiger partial charge in [-0.25, -0.2) is 4.79 Å². The maximum Gasteiger partial charge on any atom is 0.364 e. The lowest BCUT2D eigenvalue weighted by Gasteiger charge is -2.22. The number of rotatable bonds is 4. The number of aryl methyl sites for hydroxylation is 1. The Morgan fingerprint density at radius 3 is 2.68 bits per heavy atom. The molecule has 1 saturated carbocycles. The Bertz CT molecular complexity index is 689. The molecule has 1 aliphatic rings. The number of nitrogens with zero attached hydrogens (tertiary/aromatic N) is 4. The van der Waals surface area contributed by atoms with Crippen molar-refractivity contribution in [3.8, 4) is 5.75 Å². The summed E-state index contributed by atoms with van der Waals surface area (Å²) in [5.74, 6) is 0.543. The van der Waals surface area contributed by atoms with Gasteiger partial charge in [-0.15, -0.1) is 0 Å². The zero-order valence-corrected chi connectivity index (χ0v) is 13.5. The van der Waals surface area contributed by atoms with Crippen LogP contribution < -0.4 is 4.74 Å². The van der Waals surface area contributed by atoms with Gasteiger partial charge < -0.3 is 4.74 Å². The van der Waals surface area contributed by atoms with E-state index in [1.165, 1.54) is 12.8 Å². The first-order valence-electron chi connectivity index (χ1n) is 7.73. The molecule has 3 rings (SSSR count). The molecule has 1 aliphatic carbocycles. The number of carbonyl (C=O) groups is 1. The van der Waals surface area contributed by atoms with E-state index in [4.69, 9.17) is 4.74 Å². The van der Waals surface area contributed by atoms with E-state index in [0.717, 1.165) is 12.2 Å². The second kappa shape index (κ2) is 5.26. The van der Waals surface area contributed by atoms with Crippen LogP contribution in [-0.4, -0.2) is 25.5 Å². The molecule has 1 fully saturated rings. The van der Waals surface area contributed by atoms with Gasteiger partial charge in [0.2, 0.25) is 0 Å². The number of hydrogen-bond donors (Lipinski definition) is 0. The van der Waals surface area contributed by atoms with Crippen LogP contribution in [0.5, 0.6) is 5.75 Å². The molecule has 0 atom stereocenters. The van der Waals surface area contributed by atoms with Gasteiger partial charge in [0.1, 0.15) is 0 Å². The number of ether oxygens (including phenoxy) is 1. The fourth-order valence-electron chi connectivity index (χ4n) is 2.43. The summed E-state index contributed by atoms with van der Waals surface area (Å²) < 4.78 is 9.04. The van der Waals surface area contributed by atoms with Crippen LogP contribution in [-0.2, 0) is 12.1 Å². The van der Waals surface area contributed by atoms with Gasteiger partial charge in [-0.3, -0.25) is 9.36 Å². The molecule has 0 radical (unpaired) electrons. The lowest BCUT2D eigenvalue weighted by molar-refractivity contribution is 0.0726. The summed E-state index contributed by atoms with van der Waals surface area (Å²) >= 11 is 0. The molecule has 0 unspecified atom stereocenters. The molecule has 0 N–H and O–H groups in total. The van der Waals surface area contributed by atoms with Crippen molar-refractivity contribution in [3.63, 3.8) is 0 Å². The third-order valence-corrected chi connectivity index (χ3v) is 3.72. The van der Waals surface area contributed by atoms with E-state index in [9.17, 15) is 4.79 Å². The Morgan fingerprint density at radius 2 is 2.14 bits per heavy atom. The van der Waals surface area contributed by atoms with E-state index in [2.05, 4.69) is 31.0 Å². The summed E-state index contributed by atoms with van der Waals surface area (Å²) in [4.78, 5) is 12.3. The van der Waals surface area contributed by atoms with Gasteiger partial charge in [-0.05, 0) is 46.6 Å². The molecule has 22 heavy (non-hydrogen) atoms. The quantitative estimate of drug-likeness (QED) is 0.815. The van der Waals surface area contributed by atoms with Crippen molar-refractivity contribution in [2.75, 3.05) is 0 Å². The highest BCUT2D eigenvalue weighted by Gasteiger charge is 2.32. The first-order chi connectivity index (χ1) is 10.4. The molecule has 0 bridgehead atoms. The molecule has 0 amide bonds. The smallest absolute Gasteiger partial charge is 0.364 e. The minimum atomic E-state index is -0.430. The van der Waals surface area contributed by atoms with Crippen LogP contribution in [0, 0.1) is 0 Å².